The molecule has 0 aliphatic heterocycles. The summed E-state index contributed by atoms with van der Waals surface area (Å²) < 4.78 is 0. The van der Waals surface area contributed by atoms with Gasteiger partial charge in [-0.25, -0.2) is 0 Å². The van der Waals surface area contributed by atoms with Crippen LogP contribution in [0.25, 0.3) is 11.1 Å². The second-order valence-electron chi connectivity index (χ2n) is 12.2. The summed E-state index contributed by atoms with van der Waals surface area (Å²) in [5.41, 5.74) is 11.2. The number of rotatable bonds is 3. The third-order valence-electron chi connectivity index (χ3n) is 7.34. The lowest BCUT2D eigenvalue weighted by Gasteiger charge is -2.44. The molecule has 1 nitrogen and oxygen atoms in total. The number of aryl methyl sites for hydroxylation is 2. The minimum Gasteiger partial charge on any atom is -0.377 e. The van der Waals surface area contributed by atoms with Gasteiger partial charge in [0.1, 0.15) is 0 Å². The zero-order chi connectivity index (χ0) is 23.3. The van der Waals surface area contributed by atoms with E-state index >= 15 is 0 Å². The van der Waals surface area contributed by atoms with Crippen LogP contribution in [0.15, 0.2) is 24.3 Å². The molecule has 0 unspecified atom stereocenters. The molecular formula is C30H44NP. The Balaban J connectivity index is 2.12. The van der Waals surface area contributed by atoms with Gasteiger partial charge in [0.2, 0.25) is 0 Å². The average molecular weight is 450 g/mol. The van der Waals surface area contributed by atoms with Crippen molar-refractivity contribution in [3.8, 4) is 11.1 Å². The monoisotopic (exact) mass is 449 g/mol. The summed E-state index contributed by atoms with van der Waals surface area (Å²) in [5, 5.41) is 2.18. The number of nitrogens with zero attached hydrogens (tertiary/aromatic N) is 1. The highest BCUT2D eigenvalue weighted by Crippen LogP contribution is 2.60. The Hall–Kier alpha value is -1.33. The largest absolute Gasteiger partial charge is 0.377 e. The van der Waals surface area contributed by atoms with Gasteiger partial charge < -0.3 is 4.90 Å². The first-order valence-corrected chi connectivity index (χ1v) is 14.1. The van der Waals surface area contributed by atoms with Crippen molar-refractivity contribution in [1.82, 2.24) is 0 Å². The molecule has 2 aromatic rings. The molecule has 0 bridgehead atoms. The molecule has 0 fully saturated rings. The minimum absolute atomic E-state index is 0.262. The number of fused-ring (bicyclic) bond motifs is 2. The van der Waals surface area contributed by atoms with Gasteiger partial charge in [-0.1, -0.05) is 67.7 Å². The van der Waals surface area contributed by atoms with Gasteiger partial charge in [0.15, 0.2) is 0 Å². The van der Waals surface area contributed by atoms with Gasteiger partial charge in [-0.3, -0.25) is 0 Å². The maximum absolute atomic E-state index is 2.56. The normalized spacial score (nSPS) is 16.7. The smallest absolute Gasteiger partial charge is 0.0444 e. The van der Waals surface area contributed by atoms with Gasteiger partial charge in [-0.05, 0) is 101 Å². The molecule has 4 rings (SSSR count). The first kappa shape index (κ1) is 23.8. The van der Waals surface area contributed by atoms with Crippen molar-refractivity contribution in [1.29, 1.82) is 0 Å². The molecule has 32 heavy (non-hydrogen) atoms. The van der Waals surface area contributed by atoms with Crippen molar-refractivity contribution in [2.24, 2.45) is 0 Å². The van der Waals surface area contributed by atoms with E-state index in [1.54, 1.807) is 38.7 Å². The highest BCUT2D eigenvalue weighted by Gasteiger charge is 2.39. The molecule has 0 radical (unpaired) electrons. The summed E-state index contributed by atoms with van der Waals surface area (Å²) in [6, 6.07) is 9.91. The predicted octanol–water partition coefficient (Wildman–Crippen LogP) is 7.88. The van der Waals surface area contributed by atoms with Crippen LogP contribution in [-0.2, 0) is 25.7 Å². The molecule has 0 saturated heterocycles. The van der Waals surface area contributed by atoms with E-state index in [-0.39, 0.29) is 18.2 Å². The van der Waals surface area contributed by atoms with Gasteiger partial charge >= 0.3 is 0 Å². The maximum atomic E-state index is 2.56. The summed E-state index contributed by atoms with van der Waals surface area (Å²) in [6.45, 7) is 14.8. The van der Waals surface area contributed by atoms with Crippen molar-refractivity contribution in [3.63, 3.8) is 0 Å². The summed E-state index contributed by atoms with van der Waals surface area (Å²) in [6.07, 6.45) is 10.3. The fourth-order valence-electron chi connectivity index (χ4n) is 6.48. The summed E-state index contributed by atoms with van der Waals surface area (Å²) in [5.74, 6) is 0. The Morgan fingerprint density at radius 1 is 0.625 bits per heavy atom. The molecular weight excluding hydrogens is 405 g/mol. The molecule has 0 atom stereocenters. The molecule has 0 N–H and O–H groups in total. The van der Waals surface area contributed by atoms with Crippen molar-refractivity contribution in [3.05, 3.63) is 46.5 Å². The topological polar surface area (TPSA) is 3.24 Å². The van der Waals surface area contributed by atoms with Crippen LogP contribution < -0.4 is 10.2 Å². The first-order chi connectivity index (χ1) is 15.0. The summed E-state index contributed by atoms with van der Waals surface area (Å²) in [4.78, 5) is 2.37. The first-order valence-electron chi connectivity index (χ1n) is 12.8. The van der Waals surface area contributed by atoms with E-state index < -0.39 is 0 Å². The van der Waals surface area contributed by atoms with Crippen LogP contribution >= 0.6 is 7.92 Å². The number of hydrogen-bond acceptors (Lipinski definition) is 1. The Labute approximate surface area is 198 Å². The standard InChI is InChI=1S/C30H44NP/c1-29(2,3)32(30(4,5)6)26-20-18-22-14-10-12-16-24(22)28(26)27-23-15-11-9-13-21(23)17-19-25(27)31(7)8/h17-20H,9-16H2,1-8H3. The quantitative estimate of drug-likeness (QED) is 0.431. The second kappa shape index (κ2) is 8.79. The number of anilines is 1. The van der Waals surface area contributed by atoms with Gasteiger partial charge in [0, 0.05) is 25.3 Å². The van der Waals surface area contributed by atoms with Gasteiger partial charge in [-0.15, -0.1) is 0 Å². The third kappa shape index (κ3) is 4.40. The minimum atomic E-state index is -0.361. The molecule has 2 aromatic carbocycles. The van der Waals surface area contributed by atoms with Crippen LogP contribution in [0.2, 0.25) is 0 Å². The molecule has 2 heteroatoms. The Morgan fingerprint density at radius 3 is 1.59 bits per heavy atom. The van der Waals surface area contributed by atoms with Crippen LogP contribution in [0, 0.1) is 0 Å². The van der Waals surface area contributed by atoms with E-state index in [0.29, 0.717) is 0 Å². The van der Waals surface area contributed by atoms with Crippen LogP contribution in [-0.4, -0.2) is 24.4 Å². The predicted molar refractivity (Wildman–Crippen MR) is 146 cm³/mol. The van der Waals surface area contributed by atoms with Crippen molar-refractivity contribution < 1.29 is 0 Å². The van der Waals surface area contributed by atoms with E-state index in [0.717, 1.165) is 0 Å². The SMILES string of the molecule is CN(C)c1ccc2c(c1-c1c(P(C(C)(C)C)C(C)(C)C)ccc3c1CCCC3)CCCC2. The van der Waals surface area contributed by atoms with Crippen molar-refractivity contribution in [2.75, 3.05) is 19.0 Å². The van der Waals surface area contributed by atoms with E-state index in [1.165, 1.54) is 57.1 Å². The Morgan fingerprint density at radius 2 is 1.09 bits per heavy atom. The van der Waals surface area contributed by atoms with Crippen molar-refractivity contribution in [2.45, 2.75) is 103 Å². The summed E-state index contributed by atoms with van der Waals surface area (Å²) in [7, 11) is 4.11. The Kier molecular flexibility index (Phi) is 6.54. The molecule has 0 spiro atoms. The Bertz CT molecular complexity index is 973. The highest BCUT2D eigenvalue weighted by atomic mass is 31.1. The van der Waals surface area contributed by atoms with Crippen LogP contribution in [0.3, 0.4) is 0 Å². The zero-order valence-electron chi connectivity index (χ0n) is 21.9. The van der Waals surface area contributed by atoms with Gasteiger partial charge in [0.05, 0.1) is 0 Å². The van der Waals surface area contributed by atoms with E-state index in [4.69, 9.17) is 0 Å². The van der Waals surface area contributed by atoms with Gasteiger partial charge in [0.25, 0.3) is 0 Å². The number of benzene rings is 2. The molecule has 0 aromatic heterocycles. The lowest BCUT2D eigenvalue weighted by Crippen LogP contribution is -2.33. The molecule has 2 aliphatic rings. The molecule has 174 valence electrons. The van der Waals surface area contributed by atoms with Gasteiger partial charge in [-0.2, -0.15) is 0 Å². The third-order valence-corrected chi connectivity index (χ3v) is 10.9. The zero-order valence-corrected chi connectivity index (χ0v) is 22.8. The average Bonchev–Trinajstić information content (AvgIpc) is 2.71. The van der Waals surface area contributed by atoms with E-state index in [2.05, 4.69) is 84.8 Å². The van der Waals surface area contributed by atoms with Crippen LogP contribution in [0.1, 0.15) is 89.5 Å². The summed E-state index contributed by atoms with van der Waals surface area (Å²) >= 11 is 0. The molecule has 0 amide bonds. The lowest BCUT2D eigenvalue weighted by atomic mass is 9.80. The van der Waals surface area contributed by atoms with Crippen LogP contribution in [0.4, 0.5) is 5.69 Å². The van der Waals surface area contributed by atoms with Crippen LogP contribution in [0.5, 0.6) is 0 Å². The molecule has 0 heterocycles. The van der Waals surface area contributed by atoms with Crippen molar-refractivity contribution >= 4 is 18.9 Å². The van der Waals surface area contributed by atoms with E-state index in [1.807, 2.05) is 0 Å². The fraction of sp³-hybridized carbons (Fsp3) is 0.600. The molecule has 2 aliphatic carbocycles. The van der Waals surface area contributed by atoms with E-state index in [9.17, 15) is 0 Å². The lowest BCUT2D eigenvalue weighted by molar-refractivity contribution is 0.681. The number of hydrogen-bond donors (Lipinski definition) is 0. The molecule has 0 saturated carbocycles. The second-order valence-corrected chi connectivity index (χ2v) is 16.0. The maximum Gasteiger partial charge on any atom is 0.0444 e. The highest BCUT2D eigenvalue weighted by molar-refractivity contribution is 7.68. The fourth-order valence-corrected chi connectivity index (χ4v) is 10.6.